The molecule has 0 N–H and O–H groups in total. The third-order valence-electron chi connectivity index (χ3n) is 5.01. The first-order valence-electron chi connectivity index (χ1n) is 9.89. The number of benzene rings is 1. The summed E-state index contributed by atoms with van der Waals surface area (Å²) in [7, 11) is 0. The van der Waals surface area contributed by atoms with Crippen LogP contribution in [0.15, 0.2) is 42.5 Å². The second kappa shape index (κ2) is 11.6. The Morgan fingerprint density at radius 1 is 1.00 bits per heavy atom. The number of unbranched alkanes of at least 4 members (excludes halogenated alkanes) is 1. The molecule has 0 heterocycles. The zero-order chi connectivity index (χ0) is 17.7. The first-order valence-corrected chi connectivity index (χ1v) is 9.89. The second-order valence-corrected chi connectivity index (χ2v) is 6.94. The Kier molecular flexibility index (Phi) is 8.98. The lowest BCUT2D eigenvalue weighted by Crippen LogP contribution is -2.11. The lowest BCUT2D eigenvalue weighted by Gasteiger charge is -2.25. The Morgan fingerprint density at radius 2 is 1.72 bits per heavy atom. The first-order chi connectivity index (χ1) is 12.3. The molecule has 0 atom stereocenters. The smallest absolute Gasteiger partial charge is 0.119 e. The molecule has 0 radical (unpaired) electrons. The van der Waals surface area contributed by atoms with Gasteiger partial charge in [0.05, 0.1) is 6.61 Å². The Morgan fingerprint density at radius 3 is 2.40 bits per heavy atom. The highest BCUT2D eigenvalue weighted by Gasteiger charge is 2.17. The summed E-state index contributed by atoms with van der Waals surface area (Å²) in [5.41, 5.74) is 1.15. The van der Waals surface area contributed by atoms with Crippen molar-refractivity contribution < 1.29 is 4.74 Å². The number of hydrogen-bond donors (Lipinski definition) is 0. The maximum Gasteiger partial charge on any atom is 0.119 e. The molecule has 0 saturated heterocycles. The van der Waals surface area contributed by atoms with Gasteiger partial charge in [-0.05, 0) is 79.9 Å². The van der Waals surface area contributed by atoms with E-state index < -0.39 is 0 Å². The minimum Gasteiger partial charge on any atom is -0.494 e. The van der Waals surface area contributed by atoms with Gasteiger partial charge in [0, 0.05) is 0 Å². The van der Waals surface area contributed by atoms with Gasteiger partial charge in [-0.1, -0.05) is 56.7 Å². The predicted octanol–water partition coefficient (Wildman–Crippen LogP) is 6.65. The van der Waals surface area contributed by atoms with Gasteiger partial charge in [0.15, 0.2) is 0 Å². The average Bonchev–Trinajstić information content (AvgIpc) is 2.66. The van der Waals surface area contributed by atoms with Gasteiger partial charge in [-0.3, -0.25) is 0 Å². The monoisotopic (exact) mass is 336 g/mol. The molecule has 0 spiro atoms. The van der Waals surface area contributed by atoms with Crippen LogP contribution in [0.4, 0.5) is 0 Å². The van der Waals surface area contributed by atoms with Crippen LogP contribution in [0.5, 0.6) is 5.75 Å². The van der Waals surface area contributed by atoms with Gasteiger partial charge in [0.1, 0.15) is 5.75 Å². The van der Waals surface area contributed by atoms with E-state index in [1.807, 2.05) is 30.4 Å². The van der Waals surface area contributed by atoms with E-state index in [9.17, 15) is 0 Å². The van der Waals surface area contributed by atoms with E-state index in [1.54, 1.807) is 0 Å². The number of hydrogen-bond acceptors (Lipinski definition) is 1. The standard InChI is InChI=1S/C24H32O/c1-3-5-20-25-24-18-16-23(17-19-24)11-9-7-6-8-10-22-14-12-21(4-2)13-15-22/h8-11,16-19,21-22H,3-5,12-15,20H2,1-2H3/b10-8+,11-9+. The molecule has 2 rings (SSSR count). The van der Waals surface area contributed by atoms with Crippen molar-refractivity contribution in [2.75, 3.05) is 6.61 Å². The molecule has 25 heavy (non-hydrogen) atoms. The zero-order valence-corrected chi connectivity index (χ0v) is 15.8. The number of ether oxygens (including phenoxy) is 1. The Balaban J connectivity index is 1.72. The molecule has 0 unspecified atom stereocenters. The number of allylic oxidation sites excluding steroid dienone is 3. The minimum atomic E-state index is 0.737. The van der Waals surface area contributed by atoms with Crippen LogP contribution in [0, 0.1) is 23.7 Å². The fraction of sp³-hybridized carbons (Fsp3) is 0.500. The molecule has 0 aromatic heterocycles. The molecule has 0 bridgehead atoms. The van der Waals surface area contributed by atoms with Gasteiger partial charge in [-0.25, -0.2) is 0 Å². The highest BCUT2D eigenvalue weighted by Crippen LogP contribution is 2.31. The molecule has 1 aromatic carbocycles. The Hall–Kier alpha value is -1.94. The SMILES string of the molecule is CCCCOc1ccc(/C=C/C#C/C=C/C2CCC(CC)CC2)cc1. The molecule has 1 nitrogen and oxygen atoms in total. The van der Waals surface area contributed by atoms with E-state index in [1.165, 1.54) is 32.1 Å². The third-order valence-corrected chi connectivity index (χ3v) is 5.01. The highest BCUT2D eigenvalue weighted by molar-refractivity contribution is 5.54. The third kappa shape index (κ3) is 7.65. The van der Waals surface area contributed by atoms with Gasteiger partial charge in [0.25, 0.3) is 0 Å². The quantitative estimate of drug-likeness (QED) is 0.400. The van der Waals surface area contributed by atoms with Crippen LogP contribution in [-0.2, 0) is 0 Å². The topological polar surface area (TPSA) is 9.23 Å². The lowest BCUT2D eigenvalue weighted by atomic mass is 9.81. The van der Waals surface area contributed by atoms with Crippen molar-refractivity contribution in [1.29, 1.82) is 0 Å². The summed E-state index contributed by atoms with van der Waals surface area (Å²) in [5, 5.41) is 0. The molecule has 1 heteroatoms. The lowest BCUT2D eigenvalue weighted by molar-refractivity contribution is 0.304. The van der Waals surface area contributed by atoms with Gasteiger partial charge in [0.2, 0.25) is 0 Å². The summed E-state index contributed by atoms with van der Waals surface area (Å²) in [5.74, 6) is 8.87. The van der Waals surface area contributed by atoms with E-state index in [0.29, 0.717) is 0 Å². The molecule has 0 amide bonds. The highest BCUT2D eigenvalue weighted by atomic mass is 16.5. The Labute approximate surface area is 154 Å². The zero-order valence-electron chi connectivity index (χ0n) is 15.8. The summed E-state index contributed by atoms with van der Waals surface area (Å²) in [4.78, 5) is 0. The fourth-order valence-electron chi connectivity index (χ4n) is 3.22. The summed E-state index contributed by atoms with van der Waals surface area (Å²) in [6.07, 6.45) is 17.3. The number of rotatable bonds is 7. The van der Waals surface area contributed by atoms with Gasteiger partial charge >= 0.3 is 0 Å². The molecular weight excluding hydrogens is 304 g/mol. The van der Waals surface area contributed by atoms with E-state index in [-0.39, 0.29) is 0 Å². The summed E-state index contributed by atoms with van der Waals surface area (Å²) < 4.78 is 5.67. The molecule has 1 saturated carbocycles. The molecule has 1 aliphatic carbocycles. The van der Waals surface area contributed by atoms with Crippen molar-refractivity contribution in [1.82, 2.24) is 0 Å². The predicted molar refractivity (Wildman–Crippen MR) is 109 cm³/mol. The van der Waals surface area contributed by atoms with Crippen LogP contribution >= 0.6 is 0 Å². The van der Waals surface area contributed by atoms with Crippen molar-refractivity contribution in [3.05, 3.63) is 48.1 Å². The largest absolute Gasteiger partial charge is 0.494 e. The molecule has 1 aliphatic rings. The first kappa shape index (κ1) is 19.4. The molecule has 1 aromatic rings. The second-order valence-electron chi connectivity index (χ2n) is 6.94. The average molecular weight is 337 g/mol. The van der Waals surface area contributed by atoms with Crippen LogP contribution in [0.25, 0.3) is 6.08 Å². The van der Waals surface area contributed by atoms with Crippen LogP contribution < -0.4 is 4.74 Å². The van der Waals surface area contributed by atoms with Crippen molar-refractivity contribution in [3.63, 3.8) is 0 Å². The van der Waals surface area contributed by atoms with Crippen LogP contribution in [0.3, 0.4) is 0 Å². The van der Waals surface area contributed by atoms with Crippen molar-refractivity contribution in [2.45, 2.75) is 58.8 Å². The summed E-state index contributed by atoms with van der Waals surface area (Å²) in [6, 6.07) is 8.19. The fourth-order valence-corrected chi connectivity index (χ4v) is 3.22. The summed E-state index contributed by atoms with van der Waals surface area (Å²) in [6.45, 7) is 5.28. The van der Waals surface area contributed by atoms with Gasteiger partial charge in [-0.15, -0.1) is 0 Å². The van der Waals surface area contributed by atoms with Crippen molar-refractivity contribution >= 4 is 6.08 Å². The maximum atomic E-state index is 5.67. The van der Waals surface area contributed by atoms with E-state index in [4.69, 9.17) is 4.74 Å². The molecule has 134 valence electrons. The van der Waals surface area contributed by atoms with Crippen LogP contribution in [-0.4, -0.2) is 6.61 Å². The summed E-state index contributed by atoms with van der Waals surface area (Å²) >= 11 is 0. The normalized spacial score (nSPS) is 20.6. The van der Waals surface area contributed by atoms with Crippen molar-refractivity contribution in [2.24, 2.45) is 11.8 Å². The molecular formula is C24H32O. The van der Waals surface area contributed by atoms with E-state index >= 15 is 0 Å². The maximum absolute atomic E-state index is 5.67. The van der Waals surface area contributed by atoms with Crippen molar-refractivity contribution in [3.8, 4) is 17.6 Å². The van der Waals surface area contributed by atoms with E-state index in [0.717, 1.165) is 42.6 Å². The molecule has 1 fully saturated rings. The van der Waals surface area contributed by atoms with E-state index in [2.05, 4.69) is 43.9 Å². The van der Waals surface area contributed by atoms with Gasteiger partial charge < -0.3 is 4.74 Å². The van der Waals surface area contributed by atoms with Crippen LogP contribution in [0.1, 0.15) is 64.4 Å². The van der Waals surface area contributed by atoms with Crippen LogP contribution in [0.2, 0.25) is 0 Å². The molecule has 0 aliphatic heterocycles. The van der Waals surface area contributed by atoms with Gasteiger partial charge in [-0.2, -0.15) is 0 Å². The minimum absolute atomic E-state index is 0.737. The Bertz CT molecular complexity index is 589.